The Balaban J connectivity index is 4.18. The maximum absolute atomic E-state index is 10.4. The van der Waals surface area contributed by atoms with Crippen LogP contribution in [-0.4, -0.2) is 11.1 Å². The van der Waals surface area contributed by atoms with Crippen molar-refractivity contribution in [3.05, 3.63) is 23.8 Å². The molecule has 0 aliphatic heterocycles. The molecular formula is C9H14O2. The number of hydrogen-bond acceptors (Lipinski definition) is 1. The van der Waals surface area contributed by atoms with Crippen LogP contribution in [0.5, 0.6) is 0 Å². The summed E-state index contributed by atoms with van der Waals surface area (Å²) in [5.74, 6) is -1.18. The number of carbonyl (C=O) groups is 1. The van der Waals surface area contributed by atoms with Crippen LogP contribution >= 0.6 is 0 Å². The fourth-order valence-corrected chi connectivity index (χ4v) is 0.784. The van der Waals surface area contributed by atoms with E-state index in [2.05, 4.69) is 0 Å². The summed E-state index contributed by atoms with van der Waals surface area (Å²) >= 11 is 0. The minimum Gasteiger partial charge on any atom is -0.481 e. The molecule has 0 aliphatic carbocycles. The Bertz CT molecular complexity index is 190. The predicted octanol–water partition coefficient (Wildman–Crippen LogP) is 2.23. The molecule has 0 aromatic heterocycles. The van der Waals surface area contributed by atoms with Crippen molar-refractivity contribution in [2.75, 3.05) is 0 Å². The standard InChI is InChI=1S/C9H14O2/c1-4-5-7(2)6-8(3)9(10)11/h4-6,8H,1-3H3,(H,10,11)/b5-4+,7-6+. The van der Waals surface area contributed by atoms with E-state index in [1.165, 1.54) is 0 Å². The fourth-order valence-electron chi connectivity index (χ4n) is 0.784. The highest BCUT2D eigenvalue weighted by atomic mass is 16.4. The number of carboxylic acids is 1. The van der Waals surface area contributed by atoms with Gasteiger partial charge in [0.05, 0.1) is 5.92 Å². The molecule has 0 spiro atoms. The highest BCUT2D eigenvalue weighted by Crippen LogP contribution is 2.03. The van der Waals surface area contributed by atoms with Crippen molar-refractivity contribution < 1.29 is 9.90 Å². The number of allylic oxidation sites excluding steroid dienone is 3. The zero-order chi connectivity index (χ0) is 8.85. The molecule has 0 radical (unpaired) electrons. The van der Waals surface area contributed by atoms with Crippen molar-refractivity contribution in [3.63, 3.8) is 0 Å². The van der Waals surface area contributed by atoms with Crippen LogP contribution in [0.2, 0.25) is 0 Å². The SMILES string of the molecule is C/C=C/C(C)=C/C(C)C(=O)O. The Hall–Kier alpha value is -1.05. The molecule has 0 aromatic carbocycles. The zero-order valence-corrected chi connectivity index (χ0v) is 7.16. The molecule has 1 unspecified atom stereocenters. The summed E-state index contributed by atoms with van der Waals surface area (Å²) < 4.78 is 0. The second kappa shape index (κ2) is 4.72. The molecule has 2 heteroatoms. The highest BCUT2D eigenvalue weighted by molar-refractivity contribution is 5.71. The van der Waals surface area contributed by atoms with Gasteiger partial charge in [0, 0.05) is 0 Å². The molecule has 1 N–H and O–H groups in total. The Morgan fingerprint density at radius 3 is 2.45 bits per heavy atom. The van der Waals surface area contributed by atoms with E-state index in [1.807, 2.05) is 26.0 Å². The molecule has 1 atom stereocenters. The van der Waals surface area contributed by atoms with Crippen molar-refractivity contribution in [2.24, 2.45) is 5.92 Å². The van der Waals surface area contributed by atoms with E-state index >= 15 is 0 Å². The number of carboxylic acid groups (broad SMARTS) is 1. The second-order valence-electron chi connectivity index (χ2n) is 2.54. The molecule has 0 aliphatic rings. The van der Waals surface area contributed by atoms with Crippen molar-refractivity contribution in [2.45, 2.75) is 20.8 Å². The summed E-state index contributed by atoms with van der Waals surface area (Å²) in [5, 5.41) is 8.53. The van der Waals surface area contributed by atoms with Gasteiger partial charge in [0.1, 0.15) is 0 Å². The molecule has 0 bridgehead atoms. The first-order chi connectivity index (χ1) is 5.07. The van der Waals surface area contributed by atoms with Gasteiger partial charge >= 0.3 is 5.97 Å². The minimum absolute atomic E-state index is 0.397. The van der Waals surface area contributed by atoms with Gasteiger partial charge in [0.2, 0.25) is 0 Å². The largest absolute Gasteiger partial charge is 0.481 e. The van der Waals surface area contributed by atoms with Crippen LogP contribution in [0, 0.1) is 5.92 Å². The average Bonchev–Trinajstić information content (AvgIpc) is 1.87. The summed E-state index contributed by atoms with van der Waals surface area (Å²) in [7, 11) is 0. The summed E-state index contributed by atoms with van der Waals surface area (Å²) in [6.07, 6.45) is 5.50. The van der Waals surface area contributed by atoms with Gasteiger partial charge in [-0.05, 0) is 20.8 Å². The van der Waals surface area contributed by atoms with Crippen LogP contribution in [-0.2, 0) is 4.79 Å². The van der Waals surface area contributed by atoms with E-state index in [0.29, 0.717) is 0 Å². The third-order valence-electron chi connectivity index (χ3n) is 1.33. The van der Waals surface area contributed by atoms with Gasteiger partial charge in [-0.2, -0.15) is 0 Å². The van der Waals surface area contributed by atoms with E-state index in [4.69, 9.17) is 5.11 Å². The Kier molecular flexibility index (Phi) is 4.27. The summed E-state index contributed by atoms with van der Waals surface area (Å²) in [6.45, 7) is 5.46. The lowest BCUT2D eigenvalue weighted by Crippen LogP contribution is -2.06. The molecule has 0 fully saturated rings. The van der Waals surface area contributed by atoms with Crippen LogP contribution in [0.1, 0.15) is 20.8 Å². The fraction of sp³-hybridized carbons (Fsp3) is 0.444. The Labute approximate surface area is 67.2 Å². The van der Waals surface area contributed by atoms with Crippen LogP contribution in [0.15, 0.2) is 23.8 Å². The summed E-state index contributed by atoms with van der Waals surface area (Å²) in [4.78, 5) is 10.4. The van der Waals surface area contributed by atoms with E-state index in [0.717, 1.165) is 5.57 Å². The first kappa shape index (κ1) is 9.95. The van der Waals surface area contributed by atoms with Crippen molar-refractivity contribution in [1.29, 1.82) is 0 Å². The summed E-state index contributed by atoms with van der Waals surface area (Å²) in [5.41, 5.74) is 0.988. The van der Waals surface area contributed by atoms with E-state index in [9.17, 15) is 4.79 Å². The predicted molar refractivity (Wildman–Crippen MR) is 45.4 cm³/mol. The maximum Gasteiger partial charge on any atom is 0.310 e. The van der Waals surface area contributed by atoms with Crippen LogP contribution < -0.4 is 0 Å². The van der Waals surface area contributed by atoms with Gasteiger partial charge in [-0.25, -0.2) is 0 Å². The normalized spacial score (nSPS) is 15.4. The van der Waals surface area contributed by atoms with Gasteiger partial charge in [-0.15, -0.1) is 0 Å². The quantitative estimate of drug-likeness (QED) is 0.633. The molecule has 0 heterocycles. The zero-order valence-electron chi connectivity index (χ0n) is 7.16. The lowest BCUT2D eigenvalue weighted by atomic mass is 10.1. The topological polar surface area (TPSA) is 37.3 Å². The Morgan fingerprint density at radius 2 is 2.09 bits per heavy atom. The van der Waals surface area contributed by atoms with Crippen molar-refractivity contribution >= 4 is 5.97 Å². The number of aliphatic carboxylic acids is 1. The third-order valence-corrected chi connectivity index (χ3v) is 1.33. The second-order valence-corrected chi connectivity index (χ2v) is 2.54. The molecular weight excluding hydrogens is 140 g/mol. The van der Waals surface area contributed by atoms with E-state index in [1.54, 1.807) is 13.0 Å². The smallest absolute Gasteiger partial charge is 0.310 e. The molecule has 0 amide bonds. The molecule has 62 valence electrons. The highest BCUT2D eigenvalue weighted by Gasteiger charge is 2.05. The molecule has 0 aromatic rings. The first-order valence-electron chi connectivity index (χ1n) is 3.62. The van der Waals surface area contributed by atoms with Crippen LogP contribution in [0.3, 0.4) is 0 Å². The third kappa shape index (κ3) is 4.37. The van der Waals surface area contributed by atoms with Gasteiger partial charge in [-0.3, -0.25) is 4.79 Å². The molecule has 2 nitrogen and oxygen atoms in total. The first-order valence-corrected chi connectivity index (χ1v) is 3.62. The van der Waals surface area contributed by atoms with Gasteiger partial charge in [-0.1, -0.05) is 23.8 Å². The van der Waals surface area contributed by atoms with Gasteiger partial charge < -0.3 is 5.11 Å². The van der Waals surface area contributed by atoms with E-state index < -0.39 is 11.9 Å². The number of hydrogen-bond donors (Lipinski definition) is 1. The monoisotopic (exact) mass is 154 g/mol. The maximum atomic E-state index is 10.4. The van der Waals surface area contributed by atoms with Crippen molar-refractivity contribution in [1.82, 2.24) is 0 Å². The Morgan fingerprint density at radius 1 is 1.55 bits per heavy atom. The van der Waals surface area contributed by atoms with Crippen LogP contribution in [0.4, 0.5) is 0 Å². The van der Waals surface area contributed by atoms with Gasteiger partial charge in [0.15, 0.2) is 0 Å². The van der Waals surface area contributed by atoms with E-state index in [-0.39, 0.29) is 0 Å². The lowest BCUT2D eigenvalue weighted by molar-refractivity contribution is -0.139. The van der Waals surface area contributed by atoms with Gasteiger partial charge in [0.25, 0.3) is 0 Å². The lowest BCUT2D eigenvalue weighted by Gasteiger charge is -1.98. The molecule has 0 saturated carbocycles. The summed E-state index contributed by atoms with van der Waals surface area (Å²) in [6, 6.07) is 0. The molecule has 11 heavy (non-hydrogen) atoms. The van der Waals surface area contributed by atoms with Crippen molar-refractivity contribution in [3.8, 4) is 0 Å². The molecule has 0 saturated heterocycles. The minimum atomic E-state index is -0.783. The molecule has 0 rings (SSSR count). The van der Waals surface area contributed by atoms with Crippen LogP contribution in [0.25, 0.3) is 0 Å². The average molecular weight is 154 g/mol. The number of rotatable bonds is 3.